The van der Waals surface area contributed by atoms with E-state index in [2.05, 4.69) is 21.1 Å². The van der Waals surface area contributed by atoms with Gasteiger partial charge in [0, 0.05) is 5.69 Å². The molecule has 1 aromatic carbocycles. The van der Waals surface area contributed by atoms with Crippen LogP contribution in [0.1, 0.15) is 24.0 Å². The predicted octanol–water partition coefficient (Wildman–Crippen LogP) is 1.80. The van der Waals surface area contributed by atoms with Crippen molar-refractivity contribution in [2.75, 3.05) is 19.0 Å². The fourth-order valence-electron chi connectivity index (χ4n) is 2.46. The van der Waals surface area contributed by atoms with E-state index in [4.69, 9.17) is 5.73 Å². The molecular weight excluding hydrogens is 273 g/mol. The molecule has 0 fully saturated rings. The van der Waals surface area contributed by atoms with Crippen LogP contribution >= 0.6 is 0 Å². The van der Waals surface area contributed by atoms with Gasteiger partial charge < -0.3 is 15.8 Å². The number of nitrogens with two attached hydrogens (primary N) is 1. The zero-order valence-corrected chi connectivity index (χ0v) is 12.1. The van der Waals surface area contributed by atoms with Crippen LogP contribution in [-0.2, 0) is 22.4 Å². The summed E-state index contributed by atoms with van der Waals surface area (Å²) in [5.41, 5.74) is 9.21. The Hall–Kier alpha value is -2.11. The van der Waals surface area contributed by atoms with Gasteiger partial charge in [-0.3, -0.25) is 0 Å². The van der Waals surface area contributed by atoms with Gasteiger partial charge in [-0.15, -0.1) is 0 Å². The van der Waals surface area contributed by atoms with E-state index in [1.54, 1.807) is 0 Å². The third kappa shape index (κ3) is 3.93. The summed E-state index contributed by atoms with van der Waals surface area (Å²) in [6.07, 6.45) is 2.62. The first kappa shape index (κ1) is 15.3. The van der Waals surface area contributed by atoms with Crippen LogP contribution in [0.3, 0.4) is 0 Å². The topological polar surface area (TPSA) is 76.7 Å². The molecule has 1 atom stereocenters. The number of fused-ring (bicyclic) bond motifs is 1. The Morgan fingerprint density at radius 2 is 2.24 bits per heavy atom. The van der Waals surface area contributed by atoms with Crippen molar-refractivity contribution >= 4 is 17.6 Å². The first-order chi connectivity index (χ1) is 10.1. The minimum Gasteiger partial charge on any atom is -0.467 e. The summed E-state index contributed by atoms with van der Waals surface area (Å²) in [6, 6.07) is 6.01. The molecule has 1 aromatic rings. The molecular formula is C15H20FN3O2. The summed E-state index contributed by atoms with van der Waals surface area (Å²) in [4.78, 5) is 14.8. The number of rotatable bonds is 4. The number of aliphatic imine (C=N–C) groups is 1. The summed E-state index contributed by atoms with van der Waals surface area (Å²) in [6.45, 7) is -0.347. The lowest BCUT2D eigenvalue weighted by Crippen LogP contribution is -2.27. The van der Waals surface area contributed by atoms with E-state index in [0.29, 0.717) is 0 Å². The highest BCUT2D eigenvalue weighted by Gasteiger charge is 2.17. The minimum absolute atomic E-state index is 0.0977. The Morgan fingerprint density at radius 1 is 1.48 bits per heavy atom. The lowest BCUT2D eigenvalue weighted by Gasteiger charge is -2.19. The number of nitrogens with one attached hydrogen (secondary N) is 1. The second-order valence-corrected chi connectivity index (χ2v) is 4.99. The molecule has 0 amide bonds. The molecule has 3 N–H and O–H groups in total. The highest BCUT2D eigenvalue weighted by atomic mass is 19.1. The number of nitrogens with zero attached hydrogens (tertiary/aromatic N) is 1. The number of aryl methyl sites for hydroxylation is 1. The highest BCUT2D eigenvalue weighted by molar-refractivity contribution is 5.93. The number of esters is 1. The predicted molar refractivity (Wildman–Crippen MR) is 80.1 cm³/mol. The third-order valence-electron chi connectivity index (χ3n) is 3.54. The van der Waals surface area contributed by atoms with Crippen molar-refractivity contribution in [1.29, 1.82) is 0 Å². The van der Waals surface area contributed by atoms with Gasteiger partial charge in [-0.1, -0.05) is 12.1 Å². The maximum atomic E-state index is 13.3. The number of anilines is 1. The average Bonchev–Trinajstić information content (AvgIpc) is 2.52. The molecule has 0 aromatic heterocycles. The number of carbonyl (C=O) groups excluding carboxylic acids is 1. The SMILES string of the molecule is COC(=O)C(F)CN=C(N)Nc1cccc2c1CCCC2. The lowest BCUT2D eigenvalue weighted by molar-refractivity contribution is -0.146. The van der Waals surface area contributed by atoms with Gasteiger partial charge in [-0.25, -0.2) is 14.2 Å². The second-order valence-electron chi connectivity index (χ2n) is 4.99. The molecule has 0 heterocycles. The van der Waals surface area contributed by atoms with E-state index in [1.165, 1.54) is 17.5 Å². The Bertz CT molecular complexity index is 546. The fraction of sp³-hybridized carbons (Fsp3) is 0.467. The van der Waals surface area contributed by atoms with Crippen LogP contribution in [0.15, 0.2) is 23.2 Å². The lowest BCUT2D eigenvalue weighted by atomic mass is 9.90. The van der Waals surface area contributed by atoms with E-state index in [0.717, 1.165) is 32.1 Å². The van der Waals surface area contributed by atoms with Gasteiger partial charge >= 0.3 is 5.97 Å². The van der Waals surface area contributed by atoms with Gasteiger partial charge in [0.15, 0.2) is 5.96 Å². The summed E-state index contributed by atoms with van der Waals surface area (Å²) in [7, 11) is 1.14. The Kier molecular flexibility index (Phi) is 5.14. The number of hydrogen-bond acceptors (Lipinski definition) is 3. The minimum atomic E-state index is -1.79. The maximum Gasteiger partial charge on any atom is 0.342 e. The summed E-state index contributed by atoms with van der Waals surface area (Å²) >= 11 is 0. The summed E-state index contributed by atoms with van der Waals surface area (Å²) < 4.78 is 17.6. The molecule has 5 nitrogen and oxygen atoms in total. The van der Waals surface area contributed by atoms with E-state index in [1.807, 2.05) is 12.1 Å². The Labute approximate surface area is 123 Å². The van der Waals surface area contributed by atoms with E-state index >= 15 is 0 Å². The van der Waals surface area contributed by atoms with E-state index < -0.39 is 12.1 Å². The second kappa shape index (κ2) is 7.06. The Balaban J connectivity index is 2.03. The van der Waals surface area contributed by atoms with Gasteiger partial charge in [0.1, 0.15) is 0 Å². The molecule has 114 valence electrons. The van der Waals surface area contributed by atoms with Gasteiger partial charge in [-0.2, -0.15) is 0 Å². The van der Waals surface area contributed by atoms with Crippen LogP contribution in [-0.4, -0.2) is 31.8 Å². The molecule has 0 spiro atoms. The zero-order chi connectivity index (χ0) is 15.2. The Morgan fingerprint density at radius 3 is 3.00 bits per heavy atom. The smallest absolute Gasteiger partial charge is 0.342 e. The first-order valence-electron chi connectivity index (χ1n) is 7.01. The largest absolute Gasteiger partial charge is 0.467 e. The van der Waals surface area contributed by atoms with Crippen molar-refractivity contribution in [3.63, 3.8) is 0 Å². The fourth-order valence-corrected chi connectivity index (χ4v) is 2.46. The van der Waals surface area contributed by atoms with Crippen molar-refractivity contribution < 1.29 is 13.9 Å². The van der Waals surface area contributed by atoms with E-state index in [-0.39, 0.29) is 12.5 Å². The molecule has 6 heteroatoms. The van der Waals surface area contributed by atoms with Gasteiger partial charge in [0.2, 0.25) is 6.17 Å². The molecule has 0 saturated heterocycles. The third-order valence-corrected chi connectivity index (χ3v) is 3.54. The standard InChI is InChI=1S/C15H20FN3O2/c1-21-14(20)12(16)9-18-15(17)19-13-8-4-6-10-5-2-3-7-11(10)13/h4,6,8,12H,2-3,5,7,9H2,1H3,(H3,17,18,19). The highest BCUT2D eigenvalue weighted by Crippen LogP contribution is 2.27. The molecule has 0 bridgehead atoms. The average molecular weight is 293 g/mol. The molecule has 1 unspecified atom stereocenters. The van der Waals surface area contributed by atoms with Crippen molar-refractivity contribution in [1.82, 2.24) is 0 Å². The molecule has 0 aliphatic heterocycles. The van der Waals surface area contributed by atoms with Crippen molar-refractivity contribution in [3.05, 3.63) is 29.3 Å². The number of halogens is 1. The van der Waals surface area contributed by atoms with Crippen molar-refractivity contribution in [2.45, 2.75) is 31.9 Å². The maximum absolute atomic E-state index is 13.3. The number of alkyl halides is 1. The number of carbonyl (C=O) groups is 1. The van der Waals surface area contributed by atoms with E-state index in [9.17, 15) is 9.18 Å². The van der Waals surface area contributed by atoms with Crippen LogP contribution in [0.5, 0.6) is 0 Å². The molecule has 1 aliphatic rings. The zero-order valence-electron chi connectivity index (χ0n) is 12.1. The van der Waals surface area contributed by atoms with Crippen LogP contribution in [0.2, 0.25) is 0 Å². The monoisotopic (exact) mass is 293 g/mol. The molecule has 1 aliphatic carbocycles. The van der Waals surface area contributed by atoms with Crippen molar-refractivity contribution in [3.8, 4) is 0 Å². The molecule has 21 heavy (non-hydrogen) atoms. The van der Waals surface area contributed by atoms with Crippen LogP contribution in [0.4, 0.5) is 10.1 Å². The first-order valence-corrected chi connectivity index (χ1v) is 7.01. The number of methoxy groups -OCH3 is 1. The molecule has 2 rings (SSSR count). The van der Waals surface area contributed by atoms with Crippen LogP contribution in [0.25, 0.3) is 0 Å². The number of ether oxygens (including phenoxy) is 1. The molecule has 0 saturated carbocycles. The van der Waals surface area contributed by atoms with Gasteiger partial charge in [0.05, 0.1) is 13.7 Å². The van der Waals surface area contributed by atoms with Gasteiger partial charge in [-0.05, 0) is 42.9 Å². The summed E-state index contributed by atoms with van der Waals surface area (Å²) in [5, 5.41) is 2.99. The summed E-state index contributed by atoms with van der Waals surface area (Å²) in [5.74, 6) is -0.843. The normalized spacial score (nSPS) is 16.0. The van der Waals surface area contributed by atoms with Crippen LogP contribution in [0, 0.1) is 0 Å². The van der Waals surface area contributed by atoms with Gasteiger partial charge in [0.25, 0.3) is 0 Å². The number of benzene rings is 1. The number of hydrogen-bond donors (Lipinski definition) is 2. The number of guanidine groups is 1. The molecule has 0 radical (unpaired) electrons. The van der Waals surface area contributed by atoms with Crippen LogP contribution < -0.4 is 11.1 Å². The van der Waals surface area contributed by atoms with Crippen molar-refractivity contribution in [2.24, 2.45) is 10.7 Å². The quantitative estimate of drug-likeness (QED) is 0.504.